The van der Waals surface area contributed by atoms with Gasteiger partial charge in [-0.05, 0) is 31.2 Å². The smallest absolute Gasteiger partial charge is 0.261 e. The molecule has 0 saturated heterocycles. The molecule has 3 rings (SSSR count). The summed E-state index contributed by atoms with van der Waals surface area (Å²) in [5.74, 6) is -0.422. The van der Waals surface area contributed by atoms with Crippen molar-refractivity contribution in [3.05, 3.63) is 46.7 Å². The van der Waals surface area contributed by atoms with E-state index in [1.54, 1.807) is 0 Å². The maximum Gasteiger partial charge on any atom is 0.261 e. The minimum absolute atomic E-state index is 0.0174. The van der Waals surface area contributed by atoms with Gasteiger partial charge in [-0.25, -0.2) is 12.8 Å². The number of ketones is 1. The molecule has 0 saturated carbocycles. The summed E-state index contributed by atoms with van der Waals surface area (Å²) >= 11 is 5.62. The van der Waals surface area contributed by atoms with Crippen LogP contribution in [0.3, 0.4) is 0 Å². The first-order chi connectivity index (χ1) is 11.3. The molecule has 0 atom stereocenters. The predicted octanol–water partition coefficient (Wildman–Crippen LogP) is 3.21. The number of carbonyl (C=O) groups is 1. The molecule has 6 nitrogen and oxygen atoms in total. The normalized spacial score (nSPS) is 13.0. The second kappa shape index (κ2) is 5.95. The molecule has 0 aliphatic carbocycles. The van der Waals surface area contributed by atoms with Crippen LogP contribution < -0.4 is 14.2 Å². The first-order valence-corrected chi connectivity index (χ1v) is 8.56. The number of ether oxygens (including phenoxy) is 2. The molecule has 1 aliphatic rings. The number of sulfonamides is 1. The van der Waals surface area contributed by atoms with Gasteiger partial charge >= 0.3 is 0 Å². The van der Waals surface area contributed by atoms with Crippen molar-refractivity contribution >= 4 is 33.1 Å². The van der Waals surface area contributed by atoms with Gasteiger partial charge in [0.25, 0.3) is 10.0 Å². The van der Waals surface area contributed by atoms with Crippen molar-refractivity contribution in [1.82, 2.24) is 0 Å². The summed E-state index contributed by atoms with van der Waals surface area (Å²) in [7, 11) is -4.08. The molecule has 0 aromatic heterocycles. The Kier molecular flexibility index (Phi) is 4.10. The van der Waals surface area contributed by atoms with E-state index in [-0.39, 0.29) is 33.7 Å². The average Bonchev–Trinajstić information content (AvgIpc) is 2.95. The molecule has 1 aliphatic heterocycles. The van der Waals surface area contributed by atoms with Crippen molar-refractivity contribution in [2.24, 2.45) is 0 Å². The lowest BCUT2D eigenvalue weighted by atomic mass is 10.1. The van der Waals surface area contributed by atoms with Crippen LogP contribution in [0.15, 0.2) is 35.2 Å². The van der Waals surface area contributed by atoms with Crippen molar-refractivity contribution < 1.29 is 27.1 Å². The highest BCUT2D eigenvalue weighted by molar-refractivity contribution is 7.92. The van der Waals surface area contributed by atoms with Gasteiger partial charge in [0, 0.05) is 11.6 Å². The fourth-order valence-corrected chi connectivity index (χ4v) is 3.51. The van der Waals surface area contributed by atoms with Gasteiger partial charge in [-0.15, -0.1) is 0 Å². The number of hydrogen-bond acceptors (Lipinski definition) is 5. The van der Waals surface area contributed by atoms with Crippen LogP contribution in [0.1, 0.15) is 17.3 Å². The van der Waals surface area contributed by atoms with E-state index in [9.17, 15) is 17.6 Å². The molecule has 0 fully saturated rings. The molecule has 0 amide bonds. The number of fused-ring (bicyclic) bond motifs is 1. The molecule has 1 N–H and O–H groups in total. The molecule has 2 aromatic rings. The highest BCUT2D eigenvalue weighted by atomic mass is 35.5. The molecule has 2 aromatic carbocycles. The molecular weight excluding hydrogens is 361 g/mol. The first-order valence-electron chi connectivity index (χ1n) is 6.70. The largest absolute Gasteiger partial charge is 0.454 e. The molecular formula is C15H11ClFNO5S. The van der Waals surface area contributed by atoms with Gasteiger partial charge in [0.2, 0.25) is 6.79 Å². The van der Waals surface area contributed by atoms with Crippen LogP contribution >= 0.6 is 11.6 Å². The summed E-state index contributed by atoms with van der Waals surface area (Å²) < 4.78 is 50.8. The number of nitrogens with one attached hydrogen (secondary N) is 1. The monoisotopic (exact) mass is 371 g/mol. The summed E-state index contributed by atoms with van der Waals surface area (Å²) in [6.07, 6.45) is 0. The van der Waals surface area contributed by atoms with E-state index in [0.717, 1.165) is 18.2 Å². The topological polar surface area (TPSA) is 81.7 Å². The summed E-state index contributed by atoms with van der Waals surface area (Å²) in [6, 6.07) is 5.77. The maximum absolute atomic E-state index is 13.2. The zero-order chi connectivity index (χ0) is 17.5. The molecule has 0 bridgehead atoms. The van der Waals surface area contributed by atoms with Crippen LogP contribution in [0, 0.1) is 5.82 Å². The van der Waals surface area contributed by atoms with E-state index >= 15 is 0 Å². The summed E-state index contributed by atoms with van der Waals surface area (Å²) in [4.78, 5) is 11.6. The van der Waals surface area contributed by atoms with Crippen molar-refractivity contribution in [3.63, 3.8) is 0 Å². The van der Waals surface area contributed by atoms with Gasteiger partial charge in [-0.1, -0.05) is 11.6 Å². The molecule has 24 heavy (non-hydrogen) atoms. The lowest BCUT2D eigenvalue weighted by Crippen LogP contribution is -2.15. The van der Waals surface area contributed by atoms with Gasteiger partial charge in [0.1, 0.15) is 5.82 Å². The Labute approximate surface area is 142 Å². The van der Waals surface area contributed by atoms with E-state index < -0.39 is 15.8 Å². The molecule has 9 heteroatoms. The van der Waals surface area contributed by atoms with Crippen LogP contribution in [0.4, 0.5) is 10.1 Å². The lowest BCUT2D eigenvalue weighted by Gasteiger charge is -2.12. The van der Waals surface area contributed by atoms with E-state index in [1.165, 1.54) is 19.1 Å². The van der Waals surface area contributed by atoms with Crippen LogP contribution in [0.2, 0.25) is 5.02 Å². The van der Waals surface area contributed by atoms with Crippen molar-refractivity contribution in [2.45, 2.75) is 11.8 Å². The van der Waals surface area contributed by atoms with Crippen molar-refractivity contribution in [2.75, 3.05) is 11.5 Å². The van der Waals surface area contributed by atoms with E-state index in [1.807, 2.05) is 0 Å². The SMILES string of the molecule is CC(=O)c1cc2c(cc1NS(=O)(=O)c1ccc(F)c(Cl)c1)OCO2. The highest BCUT2D eigenvalue weighted by Gasteiger charge is 2.23. The number of anilines is 1. The second-order valence-corrected chi connectivity index (χ2v) is 7.08. The fraction of sp³-hybridized carbons (Fsp3) is 0.133. The summed E-state index contributed by atoms with van der Waals surface area (Å²) in [5, 5.41) is -0.324. The highest BCUT2D eigenvalue weighted by Crippen LogP contribution is 2.38. The number of halogens is 2. The fourth-order valence-electron chi connectivity index (χ4n) is 2.17. The second-order valence-electron chi connectivity index (χ2n) is 4.99. The summed E-state index contributed by atoms with van der Waals surface area (Å²) in [5.41, 5.74) is 0.156. The van der Waals surface area contributed by atoms with Crippen LogP contribution in [0.25, 0.3) is 0 Å². The van der Waals surface area contributed by atoms with Crippen LogP contribution in [-0.2, 0) is 10.0 Å². The Morgan fingerprint density at radius 1 is 1.21 bits per heavy atom. The molecule has 1 heterocycles. The standard InChI is InChI=1S/C15H11ClFNO5S/c1-8(19)10-5-14-15(23-7-22-14)6-13(10)18-24(20,21)9-2-3-12(17)11(16)4-9/h2-6,18H,7H2,1H3. The third kappa shape index (κ3) is 3.02. The molecule has 0 radical (unpaired) electrons. The van der Waals surface area contributed by atoms with Crippen LogP contribution in [-0.4, -0.2) is 21.0 Å². The minimum atomic E-state index is -4.08. The van der Waals surface area contributed by atoms with Crippen LogP contribution in [0.5, 0.6) is 11.5 Å². The van der Waals surface area contributed by atoms with Gasteiger partial charge in [0.15, 0.2) is 17.3 Å². The quantitative estimate of drug-likeness (QED) is 0.834. The number of Topliss-reactive ketones (excluding diaryl/α,β-unsaturated/α-hetero) is 1. The Morgan fingerprint density at radius 2 is 1.88 bits per heavy atom. The van der Waals surface area contributed by atoms with Gasteiger partial charge < -0.3 is 9.47 Å². The molecule has 0 spiro atoms. The van der Waals surface area contributed by atoms with Gasteiger partial charge in [-0.2, -0.15) is 0 Å². The minimum Gasteiger partial charge on any atom is -0.454 e. The molecule has 0 unspecified atom stereocenters. The van der Waals surface area contributed by atoms with E-state index in [4.69, 9.17) is 21.1 Å². The Morgan fingerprint density at radius 3 is 2.50 bits per heavy atom. The first kappa shape index (κ1) is 16.5. The van der Waals surface area contributed by atoms with Gasteiger partial charge in [0.05, 0.1) is 15.6 Å². The zero-order valence-corrected chi connectivity index (χ0v) is 13.9. The third-order valence-electron chi connectivity index (χ3n) is 3.34. The zero-order valence-electron chi connectivity index (χ0n) is 12.3. The van der Waals surface area contributed by atoms with Crippen molar-refractivity contribution in [1.29, 1.82) is 0 Å². The number of benzene rings is 2. The Balaban J connectivity index is 2.03. The predicted molar refractivity (Wildman–Crippen MR) is 84.8 cm³/mol. The molecule has 126 valence electrons. The maximum atomic E-state index is 13.2. The number of hydrogen-bond donors (Lipinski definition) is 1. The van der Waals surface area contributed by atoms with E-state index in [2.05, 4.69) is 4.72 Å². The lowest BCUT2D eigenvalue weighted by molar-refractivity contribution is 0.101. The number of carbonyl (C=O) groups excluding carboxylic acids is 1. The average molecular weight is 372 g/mol. The van der Waals surface area contributed by atoms with Gasteiger partial charge in [-0.3, -0.25) is 9.52 Å². The van der Waals surface area contributed by atoms with E-state index in [0.29, 0.717) is 11.5 Å². The van der Waals surface area contributed by atoms with Crippen molar-refractivity contribution in [3.8, 4) is 11.5 Å². The number of rotatable bonds is 4. The summed E-state index contributed by atoms with van der Waals surface area (Å²) in [6.45, 7) is 1.28. The Bertz CT molecular complexity index is 945. The Hall–Kier alpha value is -2.32. The third-order valence-corrected chi connectivity index (χ3v) is 4.99.